The fraction of sp³-hybridized carbons (Fsp3) is 0.429. The Hall–Kier alpha value is -1.88. The van der Waals surface area contributed by atoms with Crippen LogP contribution in [0.5, 0.6) is 0 Å². The van der Waals surface area contributed by atoms with Crippen LogP contribution in [0.1, 0.15) is 61.9 Å². The summed E-state index contributed by atoms with van der Waals surface area (Å²) in [5, 5.41) is 3.21. The van der Waals surface area contributed by atoms with Gasteiger partial charge in [-0.05, 0) is 50.5 Å². The van der Waals surface area contributed by atoms with E-state index in [0.29, 0.717) is 24.9 Å². The Labute approximate surface area is 164 Å². The van der Waals surface area contributed by atoms with Crippen LogP contribution < -0.4 is 5.32 Å². The smallest absolute Gasteiger partial charge is 0.320 e. The first kappa shape index (κ1) is 18.9. The molecule has 138 valence electrons. The average molecular weight is 416 g/mol. The van der Waals surface area contributed by atoms with Gasteiger partial charge in [-0.2, -0.15) is 0 Å². The van der Waals surface area contributed by atoms with Crippen LogP contribution in [0.3, 0.4) is 0 Å². The monoisotopic (exact) mass is 415 g/mol. The number of carbonyl (C=O) groups excluding carboxylic acids is 1. The van der Waals surface area contributed by atoms with Crippen LogP contribution in [0.15, 0.2) is 34.9 Å². The van der Waals surface area contributed by atoms with Crippen molar-refractivity contribution in [2.24, 2.45) is 0 Å². The Kier molecular flexibility index (Phi) is 5.66. The average Bonchev–Trinajstić information content (AvgIpc) is 2.60. The van der Waals surface area contributed by atoms with Crippen molar-refractivity contribution < 1.29 is 4.79 Å². The summed E-state index contributed by atoms with van der Waals surface area (Å²) in [5.41, 5.74) is 5.54. The minimum Gasteiger partial charge on any atom is -0.320 e. The summed E-state index contributed by atoms with van der Waals surface area (Å²) in [6.07, 6.45) is 2.61. The van der Waals surface area contributed by atoms with Crippen LogP contribution in [-0.2, 0) is 13.0 Å². The highest BCUT2D eigenvalue weighted by molar-refractivity contribution is 9.10. The lowest BCUT2D eigenvalue weighted by molar-refractivity contribution is 0.206. The number of nitrogens with one attached hydrogen (secondary N) is 1. The Balaban J connectivity index is 1.85. The van der Waals surface area contributed by atoms with E-state index in [0.717, 1.165) is 27.8 Å². The predicted molar refractivity (Wildman–Crippen MR) is 110 cm³/mol. The lowest BCUT2D eigenvalue weighted by Gasteiger charge is -2.30. The quantitative estimate of drug-likeness (QED) is 0.700. The van der Waals surface area contributed by atoms with Crippen LogP contribution in [0, 0.1) is 0 Å². The second-order valence-corrected chi connectivity index (χ2v) is 8.40. The van der Waals surface area contributed by atoms with Gasteiger partial charge in [0.05, 0.1) is 0 Å². The topological polar surface area (TPSA) is 45.2 Å². The van der Waals surface area contributed by atoms with Gasteiger partial charge in [0.1, 0.15) is 0 Å². The molecule has 0 bridgehead atoms. The molecular weight excluding hydrogens is 390 g/mol. The molecule has 4 nitrogen and oxygen atoms in total. The first-order chi connectivity index (χ1) is 12.4. The van der Waals surface area contributed by atoms with Crippen molar-refractivity contribution in [2.75, 3.05) is 11.9 Å². The van der Waals surface area contributed by atoms with Crippen molar-refractivity contribution in [2.45, 2.75) is 52.5 Å². The second-order valence-electron chi connectivity index (χ2n) is 7.48. The summed E-state index contributed by atoms with van der Waals surface area (Å²) in [4.78, 5) is 19.3. The molecule has 0 atom stereocenters. The lowest BCUT2D eigenvalue weighted by Crippen LogP contribution is -2.39. The molecule has 1 aromatic heterocycles. The first-order valence-electron chi connectivity index (χ1n) is 9.18. The van der Waals surface area contributed by atoms with Gasteiger partial charge in [-0.25, -0.2) is 4.79 Å². The van der Waals surface area contributed by atoms with Crippen molar-refractivity contribution in [3.8, 4) is 0 Å². The van der Waals surface area contributed by atoms with Crippen LogP contribution >= 0.6 is 15.9 Å². The summed E-state index contributed by atoms with van der Waals surface area (Å²) in [6, 6.07) is 8.33. The number of benzene rings is 1. The summed E-state index contributed by atoms with van der Waals surface area (Å²) in [7, 11) is 0. The second kappa shape index (κ2) is 7.78. The number of pyridine rings is 1. The molecule has 2 heterocycles. The summed E-state index contributed by atoms with van der Waals surface area (Å²) >= 11 is 3.47. The number of nitrogens with zero attached hydrogens (tertiary/aromatic N) is 2. The van der Waals surface area contributed by atoms with E-state index in [4.69, 9.17) is 0 Å². The van der Waals surface area contributed by atoms with Gasteiger partial charge in [-0.1, -0.05) is 45.9 Å². The zero-order valence-corrected chi connectivity index (χ0v) is 17.4. The van der Waals surface area contributed by atoms with E-state index >= 15 is 0 Å². The van der Waals surface area contributed by atoms with Gasteiger partial charge in [0, 0.05) is 41.6 Å². The summed E-state index contributed by atoms with van der Waals surface area (Å²) < 4.78 is 0.950. The molecule has 2 amide bonds. The number of amides is 2. The van der Waals surface area contributed by atoms with E-state index < -0.39 is 0 Å². The van der Waals surface area contributed by atoms with Gasteiger partial charge in [-0.3, -0.25) is 4.98 Å². The number of hydrogen-bond acceptors (Lipinski definition) is 2. The fourth-order valence-electron chi connectivity index (χ4n) is 3.45. The Morgan fingerprint density at radius 3 is 2.46 bits per heavy atom. The molecule has 0 radical (unpaired) electrons. The van der Waals surface area contributed by atoms with Gasteiger partial charge < -0.3 is 10.2 Å². The van der Waals surface area contributed by atoms with Crippen molar-refractivity contribution in [1.82, 2.24) is 9.88 Å². The molecule has 1 aliphatic rings. The zero-order valence-electron chi connectivity index (χ0n) is 15.8. The molecule has 5 heteroatoms. The number of hydrogen-bond donors (Lipinski definition) is 1. The molecule has 0 aliphatic carbocycles. The fourth-order valence-corrected chi connectivity index (χ4v) is 3.83. The standard InChI is InChI=1S/C21H26BrN3O/c1-13(2)17-6-5-7-18(14(3)4)20(17)24-21(26)25-9-8-19-15(12-25)10-16(22)11-23-19/h5-7,10-11,13-14H,8-9,12H2,1-4H3,(H,24,26). The van der Waals surface area contributed by atoms with Gasteiger partial charge in [0.2, 0.25) is 0 Å². The van der Waals surface area contributed by atoms with Crippen molar-refractivity contribution in [3.05, 3.63) is 57.3 Å². The number of carbonyl (C=O) groups is 1. The molecule has 0 saturated carbocycles. The summed E-state index contributed by atoms with van der Waals surface area (Å²) in [6.45, 7) is 9.93. The molecule has 1 aromatic carbocycles. The third-order valence-electron chi connectivity index (χ3n) is 4.90. The lowest BCUT2D eigenvalue weighted by atomic mass is 9.92. The highest BCUT2D eigenvalue weighted by Gasteiger charge is 2.24. The Bertz CT molecular complexity index is 791. The van der Waals surface area contributed by atoms with Gasteiger partial charge in [-0.15, -0.1) is 0 Å². The normalized spacial score (nSPS) is 13.9. The maximum Gasteiger partial charge on any atom is 0.322 e. The maximum atomic E-state index is 13.0. The molecule has 0 unspecified atom stereocenters. The number of fused-ring (bicyclic) bond motifs is 1. The molecule has 0 saturated heterocycles. The van der Waals surface area contributed by atoms with Gasteiger partial charge in [0.25, 0.3) is 0 Å². The van der Waals surface area contributed by atoms with Crippen molar-refractivity contribution in [3.63, 3.8) is 0 Å². The van der Waals surface area contributed by atoms with E-state index in [1.54, 1.807) is 0 Å². The molecule has 2 aromatic rings. The van der Waals surface area contributed by atoms with Crippen LogP contribution in [0.2, 0.25) is 0 Å². The number of aromatic nitrogens is 1. The minimum absolute atomic E-state index is 0.0365. The third kappa shape index (κ3) is 3.93. The van der Waals surface area contributed by atoms with Crippen LogP contribution in [0.25, 0.3) is 0 Å². The Morgan fingerprint density at radius 2 is 1.85 bits per heavy atom. The van der Waals surface area contributed by atoms with Crippen LogP contribution in [0.4, 0.5) is 10.5 Å². The molecule has 0 fully saturated rings. The highest BCUT2D eigenvalue weighted by atomic mass is 79.9. The van der Waals surface area contributed by atoms with E-state index in [9.17, 15) is 4.79 Å². The van der Waals surface area contributed by atoms with Gasteiger partial charge in [0.15, 0.2) is 0 Å². The van der Waals surface area contributed by atoms with Crippen molar-refractivity contribution >= 4 is 27.6 Å². The van der Waals surface area contributed by atoms with Gasteiger partial charge >= 0.3 is 6.03 Å². The largest absolute Gasteiger partial charge is 0.322 e. The summed E-state index contributed by atoms with van der Waals surface area (Å²) in [5.74, 6) is 0.706. The van der Waals surface area contributed by atoms with E-state index in [-0.39, 0.29) is 6.03 Å². The SMILES string of the molecule is CC(C)c1cccc(C(C)C)c1NC(=O)N1CCc2ncc(Br)cc2C1. The molecule has 26 heavy (non-hydrogen) atoms. The number of urea groups is 1. The molecule has 1 aliphatic heterocycles. The first-order valence-corrected chi connectivity index (χ1v) is 9.98. The van der Waals surface area contributed by atoms with E-state index in [2.05, 4.69) is 78.2 Å². The molecule has 0 spiro atoms. The van der Waals surface area contributed by atoms with E-state index in [1.165, 1.54) is 11.1 Å². The molecule has 3 rings (SSSR count). The number of anilines is 1. The minimum atomic E-state index is -0.0365. The molecule has 1 N–H and O–H groups in total. The van der Waals surface area contributed by atoms with E-state index in [1.807, 2.05) is 11.1 Å². The number of rotatable bonds is 3. The number of para-hydroxylation sites is 1. The molecular formula is C21H26BrN3O. The number of halogens is 1. The third-order valence-corrected chi connectivity index (χ3v) is 5.33. The Morgan fingerprint density at radius 1 is 1.19 bits per heavy atom. The van der Waals surface area contributed by atoms with Crippen molar-refractivity contribution in [1.29, 1.82) is 0 Å². The zero-order chi connectivity index (χ0) is 18.8. The van der Waals surface area contributed by atoms with Crippen LogP contribution in [-0.4, -0.2) is 22.5 Å². The predicted octanol–water partition coefficient (Wildman–Crippen LogP) is 5.68. The maximum absolute atomic E-state index is 13.0. The highest BCUT2D eigenvalue weighted by Crippen LogP contribution is 2.33.